The Hall–Kier alpha value is -1.16. The Morgan fingerprint density at radius 1 is 1.45 bits per heavy atom. The molecule has 4 heteroatoms. The summed E-state index contributed by atoms with van der Waals surface area (Å²) >= 11 is 0. The molecule has 0 atom stereocenters. The summed E-state index contributed by atoms with van der Waals surface area (Å²) in [6.07, 6.45) is 3.33. The fourth-order valence-corrected chi connectivity index (χ4v) is 0.652. The molecule has 1 rings (SSSR count). The van der Waals surface area contributed by atoms with E-state index in [-0.39, 0.29) is 0 Å². The zero-order valence-corrected chi connectivity index (χ0v) is 6.45. The van der Waals surface area contributed by atoms with Gasteiger partial charge in [-0.15, -0.1) is 0 Å². The molecule has 0 amide bonds. The van der Waals surface area contributed by atoms with Crippen LogP contribution < -0.4 is 10.5 Å². The van der Waals surface area contributed by atoms with Crippen LogP contribution in [0.25, 0.3) is 0 Å². The van der Waals surface area contributed by atoms with Crippen molar-refractivity contribution in [2.45, 2.75) is 13.5 Å². The zero-order chi connectivity index (χ0) is 8.10. The van der Waals surface area contributed by atoms with Crippen molar-refractivity contribution in [3.8, 4) is 6.01 Å². The van der Waals surface area contributed by atoms with Crippen LogP contribution in [0.3, 0.4) is 0 Å². The second-order valence-corrected chi connectivity index (χ2v) is 2.01. The zero-order valence-electron chi connectivity index (χ0n) is 6.45. The molecule has 0 fully saturated rings. The molecule has 0 aliphatic heterocycles. The van der Waals surface area contributed by atoms with Gasteiger partial charge in [-0.25, -0.2) is 9.97 Å². The van der Waals surface area contributed by atoms with Crippen LogP contribution in [0, 0.1) is 0 Å². The van der Waals surface area contributed by atoms with E-state index in [1.807, 2.05) is 6.92 Å². The van der Waals surface area contributed by atoms with Crippen molar-refractivity contribution in [1.82, 2.24) is 9.97 Å². The molecule has 0 aliphatic rings. The Labute approximate surface area is 65.4 Å². The predicted molar refractivity (Wildman–Crippen MR) is 41.1 cm³/mol. The monoisotopic (exact) mass is 153 g/mol. The molecule has 0 bridgehead atoms. The number of aromatic nitrogens is 2. The van der Waals surface area contributed by atoms with Crippen LogP contribution in [-0.4, -0.2) is 16.6 Å². The average Bonchev–Trinajstić information content (AvgIpc) is 2.07. The lowest BCUT2D eigenvalue weighted by molar-refractivity contribution is 0.312. The Balaban J connectivity index is 2.66. The number of rotatable bonds is 3. The second-order valence-electron chi connectivity index (χ2n) is 2.01. The molecule has 4 nitrogen and oxygen atoms in total. The minimum Gasteiger partial charge on any atom is -0.464 e. The summed E-state index contributed by atoms with van der Waals surface area (Å²) in [4.78, 5) is 7.85. The molecule has 2 N–H and O–H groups in total. The van der Waals surface area contributed by atoms with Crippen molar-refractivity contribution in [3.05, 3.63) is 18.0 Å². The fourth-order valence-electron chi connectivity index (χ4n) is 0.652. The third kappa shape index (κ3) is 2.16. The van der Waals surface area contributed by atoms with Gasteiger partial charge < -0.3 is 10.5 Å². The molecular weight excluding hydrogens is 142 g/mol. The van der Waals surface area contributed by atoms with E-state index in [1.54, 1.807) is 12.4 Å². The van der Waals surface area contributed by atoms with Gasteiger partial charge in [0.25, 0.3) is 0 Å². The van der Waals surface area contributed by atoms with Gasteiger partial charge in [-0.1, -0.05) is 0 Å². The molecule has 0 aromatic carbocycles. The largest absolute Gasteiger partial charge is 0.464 e. The highest BCUT2D eigenvalue weighted by molar-refractivity contribution is 5.06. The summed E-state index contributed by atoms with van der Waals surface area (Å²) in [5.41, 5.74) is 6.26. The maximum Gasteiger partial charge on any atom is 0.316 e. The quantitative estimate of drug-likeness (QED) is 0.680. The van der Waals surface area contributed by atoms with Gasteiger partial charge in [0, 0.05) is 24.5 Å². The lowest BCUT2D eigenvalue weighted by atomic mass is 10.4. The Morgan fingerprint density at radius 2 is 2.09 bits per heavy atom. The molecule has 1 aromatic rings. The maximum absolute atomic E-state index is 5.35. The lowest BCUT2D eigenvalue weighted by Crippen LogP contribution is -2.01. The van der Waals surface area contributed by atoms with Gasteiger partial charge >= 0.3 is 6.01 Å². The second kappa shape index (κ2) is 3.88. The average molecular weight is 153 g/mol. The van der Waals surface area contributed by atoms with Crippen LogP contribution in [-0.2, 0) is 6.54 Å². The summed E-state index contributed by atoms with van der Waals surface area (Å²) in [5, 5.41) is 0. The molecule has 1 heterocycles. The molecule has 0 saturated carbocycles. The van der Waals surface area contributed by atoms with E-state index in [1.165, 1.54) is 0 Å². The first-order valence-electron chi connectivity index (χ1n) is 3.50. The van der Waals surface area contributed by atoms with Crippen LogP contribution >= 0.6 is 0 Å². The maximum atomic E-state index is 5.35. The smallest absolute Gasteiger partial charge is 0.316 e. The van der Waals surface area contributed by atoms with E-state index in [4.69, 9.17) is 10.5 Å². The van der Waals surface area contributed by atoms with Gasteiger partial charge in [0.15, 0.2) is 0 Å². The van der Waals surface area contributed by atoms with E-state index < -0.39 is 0 Å². The van der Waals surface area contributed by atoms with Gasteiger partial charge in [0.1, 0.15) is 0 Å². The fraction of sp³-hybridized carbons (Fsp3) is 0.429. The molecule has 0 unspecified atom stereocenters. The highest BCUT2D eigenvalue weighted by atomic mass is 16.5. The Kier molecular flexibility index (Phi) is 2.80. The minimum atomic E-state index is 0.407. The van der Waals surface area contributed by atoms with E-state index in [2.05, 4.69) is 9.97 Å². The number of nitrogens with zero attached hydrogens (tertiary/aromatic N) is 2. The van der Waals surface area contributed by atoms with Gasteiger partial charge in [-0.2, -0.15) is 0 Å². The van der Waals surface area contributed by atoms with E-state index >= 15 is 0 Å². The molecule has 60 valence electrons. The molecule has 0 spiro atoms. The first kappa shape index (κ1) is 7.94. The van der Waals surface area contributed by atoms with Crippen LogP contribution in [0.1, 0.15) is 12.5 Å². The topological polar surface area (TPSA) is 61.0 Å². The van der Waals surface area contributed by atoms with Gasteiger partial charge in [-0.05, 0) is 6.92 Å². The Bertz CT molecular complexity index is 209. The lowest BCUT2D eigenvalue weighted by Gasteiger charge is -1.99. The van der Waals surface area contributed by atoms with Crippen molar-refractivity contribution >= 4 is 0 Å². The van der Waals surface area contributed by atoms with Crippen molar-refractivity contribution in [1.29, 1.82) is 0 Å². The number of hydrogen-bond donors (Lipinski definition) is 1. The van der Waals surface area contributed by atoms with Crippen LogP contribution in [0.4, 0.5) is 0 Å². The first-order valence-corrected chi connectivity index (χ1v) is 3.50. The number of hydrogen-bond acceptors (Lipinski definition) is 4. The molecule has 0 aliphatic carbocycles. The molecule has 0 saturated heterocycles. The molecular formula is C7H11N3O. The molecule has 11 heavy (non-hydrogen) atoms. The third-order valence-electron chi connectivity index (χ3n) is 1.19. The highest BCUT2D eigenvalue weighted by Crippen LogP contribution is 2.00. The van der Waals surface area contributed by atoms with Gasteiger partial charge in [0.05, 0.1) is 6.61 Å². The SMILES string of the molecule is CCOc1ncc(CN)cn1. The van der Waals surface area contributed by atoms with Gasteiger partial charge in [0.2, 0.25) is 0 Å². The number of nitrogens with two attached hydrogens (primary N) is 1. The summed E-state index contributed by atoms with van der Waals surface area (Å²) in [7, 11) is 0. The van der Waals surface area contributed by atoms with Crippen LogP contribution in [0.15, 0.2) is 12.4 Å². The predicted octanol–water partition coefficient (Wildman–Crippen LogP) is 0.334. The van der Waals surface area contributed by atoms with Crippen LogP contribution in [0.5, 0.6) is 6.01 Å². The summed E-state index contributed by atoms with van der Waals surface area (Å²) in [6.45, 7) is 2.94. The standard InChI is InChI=1S/C7H11N3O/c1-2-11-7-9-4-6(3-8)5-10-7/h4-5H,2-3,8H2,1H3. The third-order valence-corrected chi connectivity index (χ3v) is 1.19. The first-order chi connectivity index (χ1) is 5.36. The Morgan fingerprint density at radius 3 is 2.55 bits per heavy atom. The van der Waals surface area contributed by atoms with Crippen molar-refractivity contribution in [2.75, 3.05) is 6.61 Å². The summed E-state index contributed by atoms with van der Waals surface area (Å²) < 4.78 is 5.04. The van der Waals surface area contributed by atoms with Crippen molar-refractivity contribution in [3.63, 3.8) is 0 Å². The summed E-state index contributed by atoms with van der Waals surface area (Å²) in [6, 6.07) is 0.407. The van der Waals surface area contributed by atoms with Crippen LogP contribution in [0.2, 0.25) is 0 Å². The normalized spacial score (nSPS) is 9.64. The van der Waals surface area contributed by atoms with Gasteiger partial charge in [-0.3, -0.25) is 0 Å². The van der Waals surface area contributed by atoms with Crippen molar-refractivity contribution in [2.24, 2.45) is 5.73 Å². The summed E-state index contributed by atoms with van der Waals surface area (Å²) in [5.74, 6) is 0. The highest BCUT2D eigenvalue weighted by Gasteiger charge is 1.94. The molecule has 1 aromatic heterocycles. The van der Waals surface area contributed by atoms with E-state index in [0.717, 1.165) is 5.56 Å². The van der Waals surface area contributed by atoms with E-state index in [0.29, 0.717) is 19.2 Å². The minimum absolute atomic E-state index is 0.407. The van der Waals surface area contributed by atoms with E-state index in [9.17, 15) is 0 Å². The number of ether oxygens (including phenoxy) is 1. The molecule has 0 radical (unpaired) electrons. The van der Waals surface area contributed by atoms with Crippen molar-refractivity contribution < 1.29 is 4.74 Å².